The van der Waals surface area contributed by atoms with Crippen LogP contribution in [0.1, 0.15) is 29.8 Å². The van der Waals surface area contributed by atoms with Crippen molar-refractivity contribution in [1.82, 2.24) is 0 Å². The van der Waals surface area contributed by atoms with E-state index in [0.717, 1.165) is 24.3 Å². The number of anilines is 1. The molecule has 0 radical (unpaired) electrons. The summed E-state index contributed by atoms with van der Waals surface area (Å²) >= 11 is 0. The van der Waals surface area contributed by atoms with Crippen molar-refractivity contribution in [1.29, 1.82) is 0 Å². The summed E-state index contributed by atoms with van der Waals surface area (Å²) in [5.41, 5.74) is 2.32. The topological polar surface area (TPSA) is 29.5 Å². The van der Waals surface area contributed by atoms with Crippen molar-refractivity contribution >= 4 is 17.5 Å². The Morgan fingerprint density at radius 2 is 1.80 bits per heavy atom. The van der Waals surface area contributed by atoms with Gasteiger partial charge in [0.2, 0.25) is 0 Å². The Kier molecular flexibility index (Phi) is 6.69. The second-order valence-electron chi connectivity index (χ2n) is 5.37. The monoisotopic (exact) mass is 345 g/mol. The fourth-order valence-electron chi connectivity index (χ4n) is 2.48. The number of hydrogen-bond acceptors (Lipinski definition) is 3. The van der Waals surface area contributed by atoms with Crippen LogP contribution in [0.2, 0.25) is 0 Å². The molecule has 0 aromatic heterocycles. The molecule has 3 nitrogen and oxygen atoms in total. The molecule has 2 aromatic rings. The van der Waals surface area contributed by atoms with E-state index in [-0.39, 0.29) is 11.5 Å². The molecule has 0 N–H and O–H groups in total. The molecular weight excluding hydrogens is 324 g/mol. The number of ether oxygens (including phenoxy) is 1. The van der Waals surface area contributed by atoms with Gasteiger partial charge in [0.1, 0.15) is 5.75 Å². The molecule has 0 aliphatic heterocycles. The second-order valence-corrected chi connectivity index (χ2v) is 5.37. The lowest BCUT2D eigenvalue weighted by Crippen LogP contribution is -2.21. The van der Waals surface area contributed by atoms with Gasteiger partial charge in [-0.05, 0) is 49.8 Å². The van der Waals surface area contributed by atoms with Crippen LogP contribution in [0, 0.1) is 0 Å². The van der Waals surface area contributed by atoms with Crippen LogP contribution in [0.25, 0.3) is 6.08 Å². The van der Waals surface area contributed by atoms with Gasteiger partial charge in [0.25, 0.3) is 0 Å². The molecule has 0 unspecified atom stereocenters. The molecule has 0 bridgehead atoms. The summed E-state index contributed by atoms with van der Waals surface area (Å²) in [6.45, 7) is 3.15. The summed E-state index contributed by atoms with van der Waals surface area (Å²) in [4.78, 5) is 14.4. The van der Waals surface area contributed by atoms with Crippen molar-refractivity contribution in [2.24, 2.45) is 0 Å². The number of carbonyl (C=O) groups is 1. The van der Waals surface area contributed by atoms with E-state index in [1.54, 1.807) is 12.1 Å². The third kappa shape index (κ3) is 5.41. The number of carbonyl (C=O) groups excluding carboxylic acids is 1. The van der Waals surface area contributed by atoms with Crippen LogP contribution in [0.3, 0.4) is 0 Å². The van der Waals surface area contributed by atoms with Gasteiger partial charge in [0.15, 0.2) is 5.78 Å². The lowest BCUT2D eigenvalue weighted by atomic mass is 10.1. The Bertz CT molecular complexity index is 723. The normalized spacial score (nSPS) is 11.1. The van der Waals surface area contributed by atoms with Gasteiger partial charge >= 0.3 is 6.61 Å². The molecule has 2 rings (SSSR count). The molecule has 0 heterocycles. The van der Waals surface area contributed by atoms with Crippen molar-refractivity contribution < 1.29 is 18.3 Å². The molecule has 0 saturated carbocycles. The first-order chi connectivity index (χ1) is 12.0. The molecule has 0 saturated heterocycles. The van der Waals surface area contributed by atoms with E-state index in [9.17, 15) is 13.6 Å². The van der Waals surface area contributed by atoms with Crippen molar-refractivity contribution in [2.45, 2.75) is 20.5 Å². The number of hydrogen-bond donors (Lipinski definition) is 0. The average molecular weight is 345 g/mol. The van der Waals surface area contributed by atoms with Crippen LogP contribution in [-0.4, -0.2) is 25.5 Å². The quantitative estimate of drug-likeness (QED) is 0.496. The number of rotatable bonds is 8. The number of ketones is 1. The van der Waals surface area contributed by atoms with Crippen molar-refractivity contribution in [2.75, 3.05) is 18.0 Å². The molecule has 2 aromatic carbocycles. The Labute approximate surface area is 146 Å². The maximum atomic E-state index is 12.2. The first kappa shape index (κ1) is 18.6. The molecule has 25 heavy (non-hydrogen) atoms. The van der Waals surface area contributed by atoms with Gasteiger partial charge in [0.05, 0.1) is 0 Å². The van der Waals surface area contributed by atoms with E-state index in [2.05, 4.69) is 23.5 Å². The summed E-state index contributed by atoms with van der Waals surface area (Å²) in [6, 6.07) is 13.7. The van der Waals surface area contributed by atoms with Crippen LogP contribution in [0.5, 0.6) is 5.75 Å². The predicted octanol–water partition coefficient (Wildman–Crippen LogP) is 5.03. The Hall–Kier alpha value is -2.69. The largest absolute Gasteiger partial charge is 0.435 e. The van der Waals surface area contributed by atoms with Crippen LogP contribution >= 0.6 is 0 Å². The first-order valence-corrected chi connectivity index (χ1v) is 8.15. The highest BCUT2D eigenvalue weighted by Gasteiger charge is 2.07. The standard InChI is InChI=1S/C20H21F2NO2/c1-3-23(4-2)17-11-8-15(9-12-17)10-13-19(24)16-6-5-7-18(14-16)25-20(21)22/h5-14,20H,3-4H2,1-2H3/b13-10+. The lowest BCUT2D eigenvalue weighted by molar-refractivity contribution is -0.0498. The first-order valence-electron chi connectivity index (χ1n) is 8.15. The van der Waals surface area contributed by atoms with Crippen LogP contribution in [-0.2, 0) is 0 Å². The van der Waals surface area contributed by atoms with Crippen LogP contribution < -0.4 is 9.64 Å². The number of allylic oxidation sites excluding steroid dienone is 1. The van der Waals surface area contributed by atoms with E-state index >= 15 is 0 Å². The zero-order valence-corrected chi connectivity index (χ0v) is 14.3. The molecular formula is C20H21F2NO2. The average Bonchev–Trinajstić information content (AvgIpc) is 2.61. The van der Waals surface area contributed by atoms with Crippen molar-refractivity contribution in [3.05, 3.63) is 65.7 Å². The molecule has 0 amide bonds. The minimum atomic E-state index is -2.91. The summed E-state index contributed by atoms with van der Waals surface area (Å²) in [5, 5.41) is 0. The molecule has 0 spiro atoms. The van der Waals surface area contributed by atoms with Gasteiger partial charge in [-0.2, -0.15) is 8.78 Å². The molecule has 0 fully saturated rings. The van der Waals surface area contributed by atoms with Gasteiger partial charge in [-0.25, -0.2) is 0 Å². The predicted molar refractivity (Wildman–Crippen MR) is 96.4 cm³/mol. The fourth-order valence-corrected chi connectivity index (χ4v) is 2.48. The van der Waals surface area contributed by atoms with Gasteiger partial charge in [-0.3, -0.25) is 4.79 Å². The van der Waals surface area contributed by atoms with Gasteiger partial charge in [0, 0.05) is 24.3 Å². The van der Waals surface area contributed by atoms with Gasteiger partial charge in [-0.1, -0.05) is 30.3 Å². The number of benzene rings is 2. The van der Waals surface area contributed by atoms with E-state index < -0.39 is 6.61 Å². The Morgan fingerprint density at radius 1 is 1.12 bits per heavy atom. The Morgan fingerprint density at radius 3 is 2.40 bits per heavy atom. The van der Waals surface area contributed by atoms with E-state index in [4.69, 9.17) is 0 Å². The van der Waals surface area contributed by atoms with Crippen molar-refractivity contribution in [3.63, 3.8) is 0 Å². The molecule has 0 atom stereocenters. The minimum Gasteiger partial charge on any atom is -0.435 e. The third-order valence-corrected chi connectivity index (χ3v) is 3.79. The molecule has 5 heteroatoms. The lowest BCUT2D eigenvalue weighted by Gasteiger charge is -2.20. The highest BCUT2D eigenvalue weighted by Crippen LogP contribution is 2.18. The summed E-state index contributed by atoms with van der Waals surface area (Å²) < 4.78 is 28.8. The number of alkyl halides is 2. The number of nitrogens with zero attached hydrogens (tertiary/aromatic N) is 1. The van der Waals surface area contributed by atoms with Crippen LogP contribution in [0.4, 0.5) is 14.5 Å². The Balaban J connectivity index is 2.07. The molecule has 132 valence electrons. The second kappa shape index (κ2) is 8.97. The van der Waals surface area contributed by atoms with Gasteiger partial charge in [-0.15, -0.1) is 0 Å². The SMILES string of the molecule is CCN(CC)c1ccc(/C=C/C(=O)c2cccc(OC(F)F)c2)cc1. The zero-order chi connectivity index (χ0) is 18.2. The highest BCUT2D eigenvalue weighted by molar-refractivity contribution is 6.07. The summed E-state index contributed by atoms with van der Waals surface area (Å²) in [7, 11) is 0. The zero-order valence-electron chi connectivity index (χ0n) is 14.3. The highest BCUT2D eigenvalue weighted by atomic mass is 19.3. The maximum absolute atomic E-state index is 12.2. The van der Waals surface area contributed by atoms with Crippen LogP contribution in [0.15, 0.2) is 54.6 Å². The number of halogens is 2. The summed E-state index contributed by atoms with van der Waals surface area (Å²) in [5.74, 6) is -0.301. The van der Waals surface area contributed by atoms with E-state index in [1.165, 1.54) is 24.3 Å². The fraction of sp³-hybridized carbons (Fsp3) is 0.250. The van der Waals surface area contributed by atoms with E-state index in [1.807, 2.05) is 24.3 Å². The van der Waals surface area contributed by atoms with Gasteiger partial charge < -0.3 is 9.64 Å². The minimum absolute atomic E-state index is 0.0298. The molecule has 0 aliphatic carbocycles. The molecule has 0 aliphatic rings. The summed E-state index contributed by atoms with van der Waals surface area (Å²) in [6.07, 6.45) is 3.13. The third-order valence-electron chi connectivity index (χ3n) is 3.79. The maximum Gasteiger partial charge on any atom is 0.387 e. The van der Waals surface area contributed by atoms with E-state index in [0.29, 0.717) is 5.56 Å². The van der Waals surface area contributed by atoms with Crippen molar-refractivity contribution in [3.8, 4) is 5.75 Å². The smallest absolute Gasteiger partial charge is 0.387 e.